The van der Waals surface area contributed by atoms with Crippen molar-refractivity contribution < 1.29 is 30.6 Å². The van der Waals surface area contributed by atoms with Crippen molar-refractivity contribution in [3.63, 3.8) is 0 Å². The van der Waals surface area contributed by atoms with E-state index in [0.29, 0.717) is 0 Å². The van der Waals surface area contributed by atoms with E-state index < -0.39 is 15.6 Å². The van der Waals surface area contributed by atoms with Gasteiger partial charge in [-0.1, -0.05) is 0 Å². The van der Waals surface area contributed by atoms with Gasteiger partial charge in [0.15, 0.2) is 0 Å². The van der Waals surface area contributed by atoms with E-state index in [2.05, 4.69) is 27.7 Å². The van der Waals surface area contributed by atoms with Crippen LogP contribution in [0.15, 0.2) is 0 Å². The van der Waals surface area contributed by atoms with Gasteiger partial charge in [0.2, 0.25) is 0 Å². The zero-order chi connectivity index (χ0) is 14.3. The number of hydrogen-bond donors (Lipinski definition) is 1. The normalized spacial score (nSPS) is 12.9. The van der Waals surface area contributed by atoms with Gasteiger partial charge in [-0.05, 0) is 27.7 Å². The topological polar surface area (TPSA) is 54.4 Å². The minimum Gasteiger partial charge on any atom is -0.325 e. The van der Waals surface area contributed by atoms with Crippen LogP contribution in [-0.4, -0.2) is 49.1 Å². The number of rotatable bonds is 4. The van der Waals surface area contributed by atoms with Gasteiger partial charge in [-0.25, -0.2) is 0 Å². The van der Waals surface area contributed by atoms with Crippen LogP contribution in [-0.2, 0) is 10.1 Å². The van der Waals surface area contributed by atoms with E-state index in [0.717, 1.165) is 0 Å². The molecule has 0 aliphatic heterocycles. The molecule has 0 bridgehead atoms. The van der Waals surface area contributed by atoms with Crippen LogP contribution < -0.4 is 0 Å². The summed E-state index contributed by atoms with van der Waals surface area (Å²) in [7, 11) is -5.84. The quantitative estimate of drug-likeness (QED) is 0.488. The van der Waals surface area contributed by atoms with E-state index in [4.69, 9.17) is 13.0 Å². The van der Waals surface area contributed by atoms with Crippen LogP contribution in [0.5, 0.6) is 0 Å². The molecule has 0 aliphatic rings. The first-order valence-corrected chi connectivity index (χ1v) is 6.82. The summed E-state index contributed by atoms with van der Waals surface area (Å²) < 4.78 is 58.8. The number of hydrogen-bond acceptors (Lipinski definition) is 2. The first kappa shape index (κ1) is 19.0. The minimum absolute atomic E-state index is 1.28. The van der Waals surface area contributed by atoms with Crippen LogP contribution in [0.2, 0.25) is 0 Å². The first-order valence-electron chi connectivity index (χ1n) is 5.38. The summed E-state index contributed by atoms with van der Waals surface area (Å²) in [6.07, 6.45) is 0. The van der Waals surface area contributed by atoms with Crippen LogP contribution >= 0.6 is 0 Å². The summed E-state index contributed by atoms with van der Waals surface area (Å²) in [6.45, 7) is 14.2. The first-order chi connectivity index (χ1) is 7.49. The molecule has 0 heterocycles. The van der Waals surface area contributed by atoms with E-state index in [-0.39, 0.29) is 0 Å². The molecule has 17 heavy (non-hydrogen) atoms. The lowest BCUT2D eigenvalue weighted by Gasteiger charge is -2.34. The predicted octanol–water partition coefficient (Wildman–Crippen LogP) is 2.28. The molecule has 1 N–H and O–H groups in total. The van der Waals surface area contributed by atoms with Gasteiger partial charge in [0.1, 0.15) is 0 Å². The van der Waals surface area contributed by atoms with Gasteiger partial charge >= 0.3 is 15.6 Å². The third-order valence-corrected chi connectivity index (χ3v) is 3.56. The fraction of sp³-hybridized carbons (Fsp3) is 1.00. The minimum atomic E-state index is -5.84. The molecule has 0 rings (SSSR count). The Bertz CT molecular complexity index is 280. The molecule has 0 atom stereocenters. The van der Waals surface area contributed by atoms with Crippen molar-refractivity contribution in [2.24, 2.45) is 0 Å². The lowest BCUT2D eigenvalue weighted by atomic mass is 10.3. The zero-order valence-corrected chi connectivity index (χ0v) is 11.4. The van der Waals surface area contributed by atoms with E-state index in [1.807, 2.05) is 0 Å². The molecule has 106 valence electrons. The molecule has 0 unspecified atom stereocenters. The van der Waals surface area contributed by atoms with Crippen LogP contribution in [0.25, 0.3) is 0 Å². The highest BCUT2D eigenvalue weighted by Gasteiger charge is 2.44. The number of quaternary nitrogens is 1. The van der Waals surface area contributed by atoms with Gasteiger partial charge in [0.05, 0.1) is 26.2 Å². The number of alkyl halides is 3. The van der Waals surface area contributed by atoms with Gasteiger partial charge in [-0.2, -0.15) is 21.6 Å². The average molecular weight is 280 g/mol. The fourth-order valence-electron chi connectivity index (χ4n) is 1.34. The lowest BCUT2D eigenvalue weighted by molar-refractivity contribution is -0.921. The van der Waals surface area contributed by atoms with Crippen LogP contribution in [0.1, 0.15) is 27.7 Å². The molecular formula is C9H21F3NO3S+. The molecule has 0 spiro atoms. The van der Waals surface area contributed by atoms with E-state index in [9.17, 15) is 13.2 Å². The molecule has 0 saturated carbocycles. The molecule has 0 aromatic carbocycles. The molecule has 4 nitrogen and oxygen atoms in total. The highest BCUT2D eigenvalue weighted by molar-refractivity contribution is 7.86. The monoisotopic (exact) mass is 280 g/mol. The molecule has 0 aromatic heterocycles. The maximum atomic E-state index is 10.7. The van der Waals surface area contributed by atoms with Gasteiger partial charge in [0, 0.05) is 0 Å². The lowest BCUT2D eigenvalue weighted by Crippen LogP contribution is -2.47. The van der Waals surface area contributed by atoms with Gasteiger partial charge < -0.3 is 4.48 Å². The van der Waals surface area contributed by atoms with E-state index in [1.165, 1.54) is 30.7 Å². The molecule has 0 aromatic rings. The van der Waals surface area contributed by atoms with Crippen molar-refractivity contribution in [2.75, 3.05) is 26.2 Å². The van der Waals surface area contributed by atoms with E-state index >= 15 is 0 Å². The third kappa shape index (κ3) is 6.85. The highest BCUT2D eigenvalue weighted by Crippen LogP contribution is 2.20. The largest absolute Gasteiger partial charge is 0.522 e. The van der Waals surface area contributed by atoms with Crippen LogP contribution in [0.4, 0.5) is 13.2 Å². The summed E-state index contributed by atoms with van der Waals surface area (Å²) >= 11 is 0. The Hall–Kier alpha value is -0.340. The van der Waals surface area contributed by atoms with Gasteiger partial charge in [-0.15, -0.1) is 0 Å². The smallest absolute Gasteiger partial charge is 0.325 e. The maximum Gasteiger partial charge on any atom is 0.522 e. The fourth-order valence-corrected chi connectivity index (χ4v) is 1.34. The molecule has 0 saturated heterocycles. The SMILES string of the molecule is CC[N+](CC)(CC)CC.O=S(=O)(O)C(F)(F)F. The second-order valence-corrected chi connectivity index (χ2v) is 4.94. The van der Waals surface area contributed by atoms with Gasteiger partial charge in [0.25, 0.3) is 0 Å². The predicted molar refractivity (Wildman–Crippen MR) is 60.0 cm³/mol. The van der Waals surface area contributed by atoms with Crippen molar-refractivity contribution in [2.45, 2.75) is 33.2 Å². The highest BCUT2D eigenvalue weighted by atomic mass is 32.2. The summed E-state index contributed by atoms with van der Waals surface area (Å²) in [4.78, 5) is 0. The average Bonchev–Trinajstić information content (AvgIpc) is 2.20. The summed E-state index contributed by atoms with van der Waals surface area (Å²) in [5, 5.41) is 0. The van der Waals surface area contributed by atoms with Crippen molar-refractivity contribution in [3.05, 3.63) is 0 Å². The summed E-state index contributed by atoms with van der Waals surface area (Å²) in [6, 6.07) is 0. The van der Waals surface area contributed by atoms with Crippen molar-refractivity contribution in [1.82, 2.24) is 0 Å². The van der Waals surface area contributed by atoms with Crippen molar-refractivity contribution in [1.29, 1.82) is 0 Å². The van der Waals surface area contributed by atoms with E-state index in [1.54, 1.807) is 0 Å². The summed E-state index contributed by atoms with van der Waals surface area (Å²) in [5.41, 5.74) is -5.53. The molecule has 0 amide bonds. The molecule has 8 heteroatoms. The Morgan fingerprint density at radius 2 is 1.12 bits per heavy atom. The molecule has 0 aliphatic carbocycles. The van der Waals surface area contributed by atoms with Crippen LogP contribution in [0.3, 0.4) is 0 Å². The Balaban J connectivity index is 0. The van der Waals surface area contributed by atoms with Gasteiger partial charge in [-0.3, -0.25) is 4.55 Å². The maximum absolute atomic E-state index is 10.7. The number of halogens is 3. The molecule has 0 radical (unpaired) electrons. The standard InChI is InChI=1S/C8H20N.CHF3O3S/c1-5-9(6-2,7-3)8-4;2-1(3,4)8(5,6)7/h5-8H2,1-4H3;(H,5,6,7)/q+1;. The Labute approximate surface area is 101 Å². The van der Waals surface area contributed by atoms with Crippen molar-refractivity contribution in [3.8, 4) is 0 Å². The van der Waals surface area contributed by atoms with Crippen molar-refractivity contribution >= 4 is 10.1 Å². The Morgan fingerprint density at radius 1 is 0.941 bits per heavy atom. The molecule has 0 fully saturated rings. The second-order valence-electron chi connectivity index (χ2n) is 3.53. The molecular weight excluding hydrogens is 259 g/mol. The third-order valence-electron chi connectivity index (χ3n) is 2.98. The van der Waals surface area contributed by atoms with Crippen LogP contribution in [0, 0.1) is 0 Å². The Kier molecular flexibility index (Phi) is 8.02. The summed E-state index contributed by atoms with van der Waals surface area (Å²) in [5.74, 6) is 0. The zero-order valence-electron chi connectivity index (χ0n) is 10.6. The number of nitrogens with zero attached hydrogens (tertiary/aromatic N) is 1. The second kappa shape index (κ2) is 7.17. The Morgan fingerprint density at radius 3 is 1.12 bits per heavy atom.